The third-order valence-corrected chi connectivity index (χ3v) is 2.20. The van der Waals surface area contributed by atoms with E-state index in [1.165, 1.54) is 6.20 Å². The predicted octanol–water partition coefficient (Wildman–Crippen LogP) is 1.26. The summed E-state index contributed by atoms with van der Waals surface area (Å²) in [6.45, 7) is 1.94. The van der Waals surface area contributed by atoms with E-state index < -0.39 is 0 Å². The standard InChI is InChI=1S/C9H10N6O/c1-6(3-2-4-10)9-12-8(14-16-9)7-5-11-15-13-7/h5-6H,2-3H2,1H3,(H,11,13,15). The van der Waals surface area contributed by atoms with Gasteiger partial charge in [0.05, 0.1) is 12.3 Å². The second-order valence-corrected chi connectivity index (χ2v) is 3.41. The van der Waals surface area contributed by atoms with Gasteiger partial charge in [-0.3, -0.25) is 0 Å². The molecule has 0 aliphatic heterocycles. The predicted molar refractivity (Wildman–Crippen MR) is 52.9 cm³/mol. The fraction of sp³-hybridized carbons (Fsp3) is 0.444. The van der Waals surface area contributed by atoms with Gasteiger partial charge in [0.25, 0.3) is 0 Å². The van der Waals surface area contributed by atoms with E-state index in [1.54, 1.807) is 0 Å². The van der Waals surface area contributed by atoms with E-state index in [4.69, 9.17) is 9.78 Å². The first-order valence-corrected chi connectivity index (χ1v) is 4.88. The van der Waals surface area contributed by atoms with E-state index in [0.29, 0.717) is 30.3 Å². The second kappa shape index (κ2) is 4.53. The number of nitrogens with one attached hydrogen (secondary N) is 1. The first kappa shape index (κ1) is 10.3. The van der Waals surface area contributed by atoms with Crippen LogP contribution < -0.4 is 0 Å². The maximum Gasteiger partial charge on any atom is 0.229 e. The van der Waals surface area contributed by atoms with Crippen LogP contribution in [0.3, 0.4) is 0 Å². The van der Waals surface area contributed by atoms with Crippen LogP contribution in [-0.2, 0) is 0 Å². The molecule has 16 heavy (non-hydrogen) atoms. The van der Waals surface area contributed by atoms with Crippen LogP contribution >= 0.6 is 0 Å². The lowest BCUT2D eigenvalue weighted by molar-refractivity contribution is 0.355. The van der Waals surface area contributed by atoms with Crippen LogP contribution in [0.2, 0.25) is 0 Å². The second-order valence-electron chi connectivity index (χ2n) is 3.41. The van der Waals surface area contributed by atoms with Crippen LogP contribution in [0.1, 0.15) is 31.6 Å². The highest BCUT2D eigenvalue weighted by atomic mass is 16.5. The van der Waals surface area contributed by atoms with E-state index in [9.17, 15) is 0 Å². The molecule has 7 nitrogen and oxygen atoms in total. The monoisotopic (exact) mass is 218 g/mol. The van der Waals surface area contributed by atoms with E-state index in [0.717, 1.165) is 0 Å². The summed E-state index contributed by atoms with van der Waals surface area (Å²) in [6, 6.07) is 2.09. The Labute approximate surface area is 91.5 Å². The summed E-state index contributed by atoms with van der Waals surface area (Å²) in [7, 11) is 0. The highest BCUT2D eigenvalue weighted by Gasteiger charge is 2.16. The molecule has 1 unspecified atom stereocenters. The Hall–Kier alpha value is -2.23. The van der Waals surface area contributed by atoms with Gasteiger partial charge in [-0.25, -0.2) is 0 Å². The average molecular weight is 218 g/mol. The summed E-state index contributed by atoms with van der Waals surface area (Å²) in [5, 5.41) is 22.3. The molecule has 0 amide bonds. The molecular weight excluding hydrogens is 208 g/mol. The van der Waals surface area contributed by atoms with E-state index in [1.807, 2.05) is 6.92 Å². The fourth-order valence-electron chi connectivity index (χ4n) is 1.25. The van der Waals surface area contributed by atoms with Gasteiger partial charge in [-0.05, 0) is 6.42 Å². The number of nitriles is 1. The van der Waals surface area contributed by atoms with Crippen molar-refractivity contribution in [1.82, 2.24) is 25.6 Å². The van der Waals surface area contributed by atoms with Crippen LogP contribution in [-0.4, -0.2) is 25.6 Å². The van der Waals surface area contributed by atoms with Crippen molar-refractivity contribution in [2.75, 3.05) is 0 Å². The molecule has 0 saturated carbocycles. The van der Waals surface area contributed by atoms with Gasteiger partial charge < -0.3 is 4.52 Å². The third kappa shape index (κ3) is 2.06. The molecule has 0 aliphatic carbocycles. The number of hydrogen-bond donors (Lipinski definition) is 1. The molecule has 0 aliphatic rings. The Kier molecular flexibility index (Phi) is 2.91. The van der Waals surface area contributed by atoms with E-state index in [-0.39, 0.29) is 5.92 Å². The van der Waals surface area contributed by atoms with Crippen molar-refractivity contribution in [2.24, 2.45) is 0 Å². The van der Waals surface area contributed by atoms with Crippen LogP contribution in [0.25, 0.3) is 11.5 Å². The summed E-state index contributed by atoms with van der Waals surface area (Å²) in [4.78, 5) is 4.20. The fourth-order valence-corrected chi connectivity index (χ4v) is 1.25. The Balaban J connectivity index is 2.11. The zero-order chi connectivity index (χ0) is 11.4. The molecule has 0 fully saturated rings. The zero-order valence-corrected chi connectivity index (χ0v) is 8.71. The topological polar surface area (TPSA) is 104 Å². The smallest absolute Gasteiger partial charge is 0.229 e. The molecule has 0 aromatic carbocycles. The Morgan fingerprint density at radius 1 is 1.62 bits per heavy atom. The number of aromatic nitrogens is 5. The van der Waals surface area contributed by atoms with Crippen molar-refractivity contribution in [3.05, 3.63) is 12.1 Å². The van der Waals surface area contributed by atoms with Crippen molar-refractivity contribution in [2.45, 2.75) is 25.7 Å². The van der Waals surface area contributed by atoms with Crippen LogP contribution in [0.4, 0.5) is 0 Å². The first-order chi connectivity index (χ1) is 7.81. The maximum atomic E-state index is 8.48. The molecule has 0 bridgehead atoms. The van der Waals surface area contributed by atoms with Gasteiger partial charge in [0.1, 0.15) is 0 Å². The highest BCUT2D eigenvalue weighted by molar-refractivity contribution is 5.44. The molecule has 0 saturated heterocycles. The van der Waals surface area contributed by atoms with Gasteiger partial charge in [0, 0.05) is 12.3 Å². The molecule has 82 valence electrons. The van der Waals surface area contributed by atoms with Gasteiger partial charge in [-0.1, -0.05) is 12.1 Å². The lowest BCUT2D eigenvalue weighted by Crippen LogP contribution is -1.93. The summed E-state index contributed by atoms with van der Waals surface area (Å²) in [5.41, 5.74) is 0.544. The van der Waals surface area contributed by atoms with Crippen molar-refractivity contribution in [3.8, 4) is 17.6 Å². The Morgan fingerprint density at radius 3 is 3.19 bits per heavy atom. The molecule has 0 radical (unpaired) electrons. The lowest BCUT2D eigenvalue weighted by atomic mass is 10.1. The summed E-state index contributed by atoms with van der Waals surface area (Å²) in [6.07, 6.45) is 2.70. The van der Waals surface area contributed by atoms with Crippen molar-refractivity contribution in [1.29, 1.82) is 5.26 Å². The summed E-state index contributed by atoms with van der Waals surface area (Å²) in [5.74, 6) is 1.01. The lowest BCUT2D eigenvalue weighted by Gasteiger charge is -2.00. The molecule has 0 spiro atoms. The summed E-state index contributed by atoms with van der Waals surface area (Å²) < 4.78 is 5.10. The largest absolute Gasteiger partial charge is 0.339 e. The molecule has 2 aromatic rings. The number of hydrogen-bond acceptors (Lipinski definition) is 6. The Bertz CT molecular complexity index is 482. The molecule has 2 heterocycles. The van der Waals surface area contributed by atoms with Gasteiger partial charge >= 0.3 is 0 Å². The molecule has 7 heteroatoms. The SMILES string of the molecule is CC(CCC#N)c1nc(-c2cn[nH]n2)no1. The van der Waals surface area contributed by atoms with Gasteiger partial charge in [0.2, 0.25) is 11.7 Å². The minimum absolute atomic E-state index is 0.0767. The van der Waals surface area contributed by atoms with Crippen molar-refractivity contribution < 1.29 is 4.52 Å². The number of nitrogens with zero attached hydrogens (tertiary/aromatic N) is 5. The quantitative estimate of drug-likeness (QED) is 0.828. The maximum absolute atomic E-state index is 8.48. The van der Waals surface area contributed by atoms with Gasteiger partial charge in [-0.15, -0.1) is 0 Å². The number of H-pyrrole nitrogens is 1. The Morgan fingerprint density at radius 2 is 2.50 bits per heavy atom. The third-order valence-electron chi connectivity index (χ3n) is 2.20. The zero-order valence-electron chi connectivity index (χ0n) is 8.71. The molecule has 2 aromatic heterocycles. The van der Waals surface area contributed by atoms with Crippen LogP contribution in [0.5, 0.6) is 0 Å². The van der Waals surface area contributed by atoms with Crippen molar-refractivity contribution >= 4 is 0 Å². The molecule has 1 N–H and O–H groups in total. The first-order valence-electron chi connectivity index (χ1n) is 4.88. The number of rotatable bonds is 4. The molecular formula is C9H10N6O. The molecule has 1 atom stereocenters. The normalized spacial score (nSPS) is 12.2. The minimum atomic E-state index is 0.0767. The van der Waals surface area contributed by atoms with Crippen LogP contribution in [0, 0.1) is 11.3 Å². The molecule has 2 rings (SSSR count). The highest BCUT2D eigenvalue weighted by Crippen LogP contribution is 2.20. The van der Waals surface area contributed by atoms with Gasteiger partial charge in [0.15, 0.2) is 5.69 Å². The van der Waals surface area contributed by atoms with Crippen LogP contribution in [0.15, 0.2) is 10.7 Å². The van der Waals surface area contributed by atoms with E-state index >= 15 is 0 Å². The number of aromatic amines is 1. The summed E-state index contributed by atoms with van der Waals surface area (Å²) >= 11 is 0. The van der Waals surface area contributed by atoms with Gasteiger partial charge in [-0.2, -0.15) is 25.7 Å². The average Bonchev–Trinajstić information content (AvgIpc) is 2.94. The minimum Gasteiger partial charge on any atom is -0.339 e. The van der Waals surface area contributed by atoms with E-state index in [2.05, 4.69) is 31.6 Å². The van der Waals surface area contributed by atoms with Crippen molar-refractivity contribution in [3.63, 3.8) is 0 Å².